The van der Waals surface area contributed by atoms with Gasteiger partial charge in [0, 0.05) is 26.2 Å². The smallest absolute Gasteiger partial charge is 0.304 e. The van der Waals surface area contributed by atoms with Crippen molar-refractivity contribution in [2.75, 3.05) is 26.7 Å². The van der Waals surface area contributed by atoms with Crippen LogP contribution in [0.5, 0.6) is 0 Å². The lowest BCUT2D eigenvalue weighted by Gasteiger charge is -2.29. The third-order valence-corrected chi connectivity index (χ3v) is 4.07. The second-order valence-electron chi connectivity index (χ2n) is 5.72. The fourth-order valence-corrected chi connectivity index (χ4v) is 2.71. The summed E-state index contributed by atoms with van der Waals surface area (Å²) in [5.74, 6) is -0.685. The highest BCUT2D eigenvalue weighted by atomic mass is 16.4. The zero-order chi connectivity index (χ0) is 15.0. The number of carbonyl (C=O) groups is 2. The Hall–Kier alpha value is -1.10. The van der Waals surface area contributed by atoms with Gasteiger partial charge in [0.2, 0.25) is 5.91 Å². The Morgan fingerprint density at radius 3 is 2.40 bits per heavy atom. The van der Waals surface area contributed by atoms with Crippen LogP contribution in [0.15, 0.2) is 0 Å². The van der Waals surface area contributed by atoms with Crippen LogP contribution in [0, 0.1) is 0 Å². The summed E-state index contributed by atoms with van der Waals surface area (Å²) in [6.45, 7) is 3.73. The summed E-state index contributed by atoms with van der Waals surface area (Å²) in [4.78, 5) is 26.8. The normalized spacial score (nSPS) is 15.8. The molecule has 1 saturated carbocycles. The van der Waals surface area contributed by atoms with Crippen LogP contribution in [0.3, 0.4) is 0 Å². The lowest BCUT2D eigenvalue weighted by Crippen LogP contribution is -2.43. The monoisotopic (exact) mass is 284 g/mol. The van der Waals surface area contributed by atoms with Gasteiger partial charge in [-0.05, 0) is 19.3 Å². The molecule has 0 saturated heterocycles. The average molecular weight is 284 g/mol. The molecule has 0 aromatic heterocycles. The van der Waals surface area contributed by atoms with Gasteiger partial charge in [0.1, 0.15) is 0 Å². The molecular formula is C15H28N2O3. The van der Waals surface area contributed by atoms with Crippen LogP contribution in [0.2, 0.25) is 0 Å². The van der Waals surface area contributed by atoms with E-state index in [1.54, 1.807) is 4.90 Å². The summed E-state index contributed by atoms with van der Waals surface area (Å²) in [5.41, 5.74) is 0. The molecule has 1 rings (SSSR count). The molecule has 1 aliphatic carbocycles. The molecule has 0 atom stereocenters. The Morgan fingerprint density at radius 2 is 1.85 bits per heavy atom. The predicted molar refractivity (Wildman–Crippen MR) is 78.6 cm³/mol. The Morgan fingerprint density at radius 1 is 1.20 bits per heavy atom. The van der Waals surface area contributed by atoms with Crippen molar-refractivity contribution in [2.45, 2.75) is 57.9 Å². The van der Waals surface area contributed by atoms with Gasteiger partial charge in [-0.1, -0.05) is 26.2 Å². The van der Waals surface area contributed by atoms with E-state index in [2.05, 4.69) is 11.8 Å². The molecule has 20 heavy (non-hydrogen) atoms. The van der Waals surface area contributed by atoms with Crippen molar-refractivity contribution in [1.82, 2.24) is 9.80 Å². The maximum Gasteiger partial charge on any atom is 0.304 e. The molecule has 0 aromatic rings. The molecule has 0 aliphatic heterocycles. The van der Waals surface area contributed by atoms with Crippen LogP contribution >= 0.6 is 0 Å². The van der Waals surface area contributed by atoms with Crippen molar-refractivity contribution in [3.05, 3.63) is 0 Å². The van der Waals surface area contributed by atoms with Crippen molar-refractivity contribution in [2.24, 2.45) is 0 Å². The van der Waals surface area contributed by atoms with Gasteiger partial charge in [-0.15, -0.1) is 0 Å². The SMILES string of the molecule is CCCCN(C)C(=O)CN(CCC(=O)O)C1CCCC1. The number of amides is 1. The molecule has 116 valence electrons. The average Bonchev–Trinajstić information content (AvgIpc) is 2.94. The van der Waals surface area contributed by atoms with E-state index < -0.39 is 5.97 Å². The Bertz CT molecular complexity index is 314. The largest absolute Gasteiger partial charge is 0.481 e. The molecule has 1 aliphatic rings. The van der Waals surface area contributed by atoms with Crippen molar-refractivity contribution in [3.63, 3.8) is 0 Å². The van der Waals surface area contributed by atoms with E-state index in [4.69, 9.17) is 5.11 Å². The van der Waals surface area contributed by atoms with Gasteiger partial charge in [-0.2, -0.15) is 0 Å². The van der Waals surface area contributed by atoms with Gasteiger partial charge in [0.15, 0.2) is 0 Å². The number of hydrogen-bond acceptors (Lipinski definition) is 3. The standard InChI is InChI=1S/C15H28N2O3/c1-3-4-10-16(2)14(18)12-17(11-9-15(19)20)13-7-5-6-8-13/h13H,3-12H2,1-2H3,(H,19,20). The third kappa shape index (κ3) is 5.90. The molecular weight excluding hydrogens is 256 g/mol. The fourth-order valence-electron chi connectivity index (χ4n) is 2.71. The minimum Gasteiger partial charge on any atom is -0.481 e. The fraction of sp³-hybridized carbons (Fsp3) is 0.867. The van der Waals surface area contributed by atoms with E-state index >= 15 is 0 Å². The number of aliphatic carboxylic acids is 1. The number of carbonyl (C=O) groups excluding carboxylic acids is 1. The number of likely N-dealkylation sites (N-methyl/N-ethyl adjacent to an activating group) is 1. The Balaban J connectivity index is 2.49. The quantitative estimate of drug-likeness (QED) is 0.703. The van der Waals surface area contributed by atoms with Crippen molar-refractivity contribution in [1.29, 1.82) is 0 Å². The number of carboxylic acids is 1. The molecule has 0 radical (unpaired) electrons. The number of rotatable bonds is 9. The Labute approximate surface area is 121 Å². The number of hydrogen-bond donors (Lipinski definition) is 1. The van der Waals surface area contributed by atoms with Crippen LogP contribution in [0.4, 0.5) is 0 Å². The predicted octanol–water partition coefficient (Wildman–Crippen LogP) is 1.96. The van der Waals surface area contributed by atoms with Crippen LogP contribution in [0.1, 0.15) is 51.9 Å². The molecule has 1 N–H and O–H groups in total. The molecule has 0 heterocycles. The van der Waals surface area contributed by atoms with Gasteiger partial charge in [0.25, 0.3) is 0 Å². The lowest BCUT2D eigenvalue weighted by atomic mass is 10.2. The number of carboxylic acid groups (broad SMARTS) is 1. The van der Waals surface area contributed by atoms with Crippen LogP contribution in [-0.2, 0) is 9.59 Å². The third-order valence-electron chi connectivity index (χ3n) is 4.07. The Kier molecular flexibility index (Phi) is 7.59. The highest BCUT2D eigenvalue weighted by molar-refractivity contribution is 5.78. The second kappa shape index (κ2) is 8.95. The van der Waals surface area contributed by atoms with Crippen molar-refractivity contribution in [3.8, 4) is 0 Å². The van der Waals surface area contributed by atoms with Gasteiger partial charge in [-0.25, -0.2) is 0 Å². The van der Waals surface area contributed by atoms with Crippen LogP contribution < -0.4 is 0 Å². The highest BCUT2D eigenvalue weighted by Gasteiger charge is 2.25. The van der Waals surface area contributed by atoms with E-state index in [-0.39, 0.29) is 12.3 Å². The van der Waals surface area contributed by atoms with Crippen LogP contribution in [-0.4, -0.2) is 59.5 Å². The maximum absolute atomic E-state index is 12.2. The van der Waals surface area contributed by atoms with E-state index in [0.717, 1.165) is 32.2 Å². The van der Waals surface area contributed by atoms with Crippen LogP contribution in [0.25, 0.3) is 0 Å². The zero-order valence-corrected chi connectivity index (χ0v) is 12.8. The van der Waals surface area contributed by atoms with Gasteiger partial charge < -0.3 is 10.0 Å². The minimum atomic E-state index is -0.792. The molecule has 1 fully saturated rings. The second-order valence-corrected chi connectivity index (χ2v) is 5.72. The summed E-state index contributed by atoms with van der Waals surface area (Å²) < 4.78 is 0. The summed E-state index contributed by atoms with van der Waals surface area (Å²) in [5, 5.41) is 8.84. The molecule has 5 nitrogen and oxygen atoms in total. The molecule has 0 aromatic carbocycles. The molecule has 0 spiro atoms. The van der Waals surface area contributed by atoms with E-state index in [1.165, 1.54) is 12.8 Å². The lowest BCUT2D eigenvalue weighted by molar-refractivity contribution is -0.138. The van der Waals surface area contributed by atoms with Crippen molar-refractivity contribution < 1.29 is 14.7 Å². The first kappa shape index (κ1) is 17.0. The zero-order valence-electron chi connectivity index (χ0n) is 12.8. The highest BCUT2D eigenvalue weighted by Crippen LogP contribution is 2.23. The minimum absolute atomic E-state index is 0.107. The maximum atomic E-state index is 12.2. The first-order valence-electron chi connectivity index (χ1n) is 7.74. The number of nitrogens with zero attached hydrogens (tertiary/aromatic N) is 2. The molecule has 0 bridgehead atoms. The molecule has 5 heteroatoms. The van der Waals surface area contributed by atoms with Gasteiger partial charge in [0.05, 0.1) is 13.0 Å². The van der Waals surface area contributed by atoms with Gasteiger partial charge >= 0.3 is 5.97 Å². The molecule has 1 amide bonds. The van der Waals surface area contributed by atoms with E-state index in [1.807, 2.05) is 7.05 Å². The van der Waals surface area contributed by atoms with Crippen molar-refractivity contribution >= 4 is 11.9 Å². The summed E-state index contributed by atoms with van der Waals surface area (Å²) in [6, 6.07) is 0.387. The summed E-state index contributed by atoms with van der Waals surface area (Å²) >= 11 is 0. The summed E-state index contributed by atoms with van der Waals surface area (Å²) in [6.07, 6.45) is 6.76. The first-order valence-corrected chi connectivity index (χ1v) is 7.74. The first-order chi connectivity index (χ1) is 9.54. The topological polar surface area (TPSA) is 60.9 Å². The van der Waals surface area contributed by atoms with Gasteiger partial charge in [-0.3, -0.25) is 14.5 Å². The van der Waals surface area contributed by atoms with E-state index in [9.17, 15) is 9.59 Å². The van der Waals surface area contributed by atoms with E-state index in [0.29, 0.717) is 19.1 Å². The summed E-state index contributed by atoms with van der Waals surface area (Å²) in [7, 11) is 1.84. The molecule has 0 unspecified atom stereocenters. The number of unbranched alkanes of at least 4 members (excludes halogenated alkanes) is 1.